The Balaban J connectivity index is -0.0000000536. The van der Waals surface area contributed by atoms with Gasteiger partial charge in [-0.15, -0.1) is 18.1 Å². The van der Waals surface area contributed by atoms with Gasteiger partial charge in [-0.3, -0.25) is 0 Å². The first kappa shape index (κ1) is 23.2. The summed E-state index contributed by atoms with van der Waals surface area (Å²) in [6.07, 6.45) is 8.13. The van der Waals surface area contributed by atoms with Crippen molar-refractivity contribution in [2.45, 2.75) is 20.8 Å². The average Bonchev–Trinajstić information content (AvgIpc) is 2.15. The van der Waals surface area contributed by atoms with Crippen LogP contribution in [0.4, 0.5) is 0 Å². The largest absolute Gasteiger partial charge is 4.00 e. The molecule has 0 N–H and O–H groups in total. The van der Waals surface area contributed by atoms with E-state index in [-0.39, 0.29) is 35.9 Å². The fourth-order valence-electron chi connectivity index (χ4n) is 0.478. The van der Waals surface area contributed by atoms with Crippen molar-refractivity contribution in [2.75, 3.05) is 0 Å². The monoisotopic (exact) mass is 361 g/mol. The second-order valence-electron chi connectivity index (χ2n) is 2.93. The summed E-state index contributed by atoms with van der Waals surface area (Å²) in [6.45, 7) is 10.0. The van der Waals surface area contributed by atoms with Crippen LogP contribution < -0.4 is 0 Å². The summed E-state index contributed by atoms with van der Waals surface area (Å²) in [5.74, 6) is 1.85. The molecule has 0 heterocycles. The van der Waals surface area contributed by atoms with Gasteiger partial charge < -0.3 is 27.7 Å². The molecule has 0 fully saturated rings. The summed E-state index contributed by atoms with van der Waals surface area (Å²) in [5.41, 5.74) is 0. The Labute approximate surface area is 99.8 Å². The van der Waals surface area contributed by atoms with Crippen LogP contribution in [0.15, 0.2) is 24.3 Å². The van der Waals surface area contributed by atoms with Crippen molar-refractivity contribution in [3.05, 3.63) is 52.0 Å². The number of hydrogen-bond acceptors (Lipinski definition) is 0. The Morgan fingerprint density at radius 2 is 1.23 bits per heavy atom. The Kier molecular flexibility index (Phi) is 26.2. The molecule has 0 radical (unpaired) electrons. The molecule has 0 atom stereocenters. The predicted octanol–water partition coefficient (Wildman–Crippen LogP) is 4.08. The average molecular weight is 361 g/mol. The van der Waals surface area contributed by atoms with Crippen LogP contribution in [0.3, 0.4) is 0 Å². The van der Waals surface area contributed by atoms with E-state index < -0.39 is 0 Å². The molecule has 0 amide bonds. The van der Waals surface area contributed by atoms with Gasteiger partial charge in [-0.25, -0.2) is 0 Å². The maximum absolute atomic E-state index is 3.76. The molecule has 0 aromatic heterocycles. The smallest absolute Gasteiger partial charge is 0.358 e. The standard InChI is InChI=1S/C6H7.C4H9.2CH3.Pt/c1-6-4-2-3-5-6;1-4(2)3;;;/h2-6H,1H2;1-3H3;2*1H3;/q4*-1;+4. The topological polar surface area (TPSA) is 0 Å². The molecule has 0 unspecified atom stereocenters. The van der Waals surface area contributed by atoms with Crippen molar-refractivity contribution in [2.24, 2.45) is 5.92 Å². The van der Waals surface area contributed by atoms with E-state index in [1.165, 1.54) is 5.92 Å². The van der Waals surface area contributed by atoms with E-state index in [4.69, 9.17) is 0 Å². The van der Waals surface area contributed by atoms with Crippen LogP contribution >= 0.6 is 0 Å². The molecule has 0 saturated carbocycles. The van der Waals surface area contributed by atoms with Gasteiger partial charge in [0.15, 0.2) is 0 Å². The first-order valence-corrected chi connectivity index (χ1v) is 3.57. The van der Waals surface area contributed by atoms with Crippen LogP contribution in [-0.4, -0.2) is 0 Å². The Morgan fingerprint density at radius 1 is 1.00 bits per heavy atom. The molecular weight excluding hydrogens is 339 g/mol. The molecule has 1 rings (SSSR count). The third-order valence-electron chi connectivity index (χ3n) is 0.828. The van der Waals surface area contributed by atoms with E-state index in [0.717, 1.165) is 0 Å². The zero-order valence-corrected chi connectivity index (χ0v) is 11.7. The maximum Gasteiger partial charge on any atom is 4.00 e. The van der Waals surface area contributed by atoms with E-state index in [0.29, 0.717) is 5.92 Å². The molecule has 1 heteroatoms. The summed E-state index contributed by atoms with van der Waals surface area (Å²) >= 11 is 0. The minimum Gasteiger partial charge on any atom is -0.358 e. The summed E-state index contributed by atoms with van der Waals surface area (Å²) < 4.78 is 0. The Bertz CT molecular complexity index is 108. The van der Waals surface area contributed by atoms with Gasteiger partial charge in [0.25, 0.3) is 0 Å². The summed E-state index contributed by atoms with van der Waals surface area (Å²) in [6, 6.07) is 0. The minimum absolute atomic E-state index is 0. The first-order chi connectivity index (χ1) is 4.63. The number of hydrogen-bond donors (Lipinski definition) is 0. The molecular formula is C12H22Pt. The fourth-order valence-corrected chi connectivity index (χ4v) is 0.478. The quantitative estimate of drug-likeness (QED) is 0.571. The molecule has 0 saturated heterocycles. The molecule has 0 aliphatic heterocycles. The summed E-state index contributed by atoms with van der Waals surface area (Å²) in [4.78, 5) is 0. The predicted molar refractivity (Wildman–Crippen MR) is 60.2 cm³/mol. The van der Waals surface area contributed by atoms with Crippen molar-refractivity contribution in [3.63, 3.8) is 0 Å². The molecule has 1 aliphatic rings. The van der Waals surface area contributed by atoms with Crippen molar-refractivity contribution < 1.29 is 21.1 Å². The van der Waals surface area contributed by atoms with Crippen molar-refractivity contribution in [1.29, 1.82) is 0 Å². The SMILES string of the molecule is C[C-](C)C.[CH2-]C1C=CC=C1.[CH3-].[CH3-].[Pt+4]. The van der Waals surface area contributed by atoms with Crippen LogP contribution in [0.2, 0.25) is 0 Å². The van der Waals surface area contributed by atoms with E-state index in [2.05, 4.69) is 39.8 Å². The van der Waals surface area contributed by atoms with Gasteiger partial charge in [0.2, 0.25) is 0 Å². The van der Waals surface area contributed by atoms with Crippen LogP contribution in [0.5, 0.6) is 0 Å². The van der Waals surface area contributed by atoms with Crippen molar-refractivity contribution in [1.82, 2.24) is 0 Å². The molecule has 0 nitrogen and oxygen atoms in total. The van der Waals surface area contributed by atoms with Crippen LogP contribution in [0, 0.1) is 33.6 Å². The van der Waals surface area contributed by atoms with Crippen LogP contribution in [-0.2, 0) is 21.1 Å². The van der Waals surface area contributed by atoms with Gasteiger partial charge >= 0.3 is 21.1 Å². The first-order valence-electron chi connectivity index (χ1n) is 3.57. The third kappa shape index (κ3) is 24.5. The van der Waals surface area contributed by atoms with Crippen LogP contribution in [0.25, 0.3) is 0 Å². The zero-order valence-electron chi connectivity index (χ0n) is 9.41. The second kappa shape index (κ2) is 14.7. The Morgan fingerprint density at radius 3 is 1.31 bits per heavy atom. The maximum atomic E-state index is 3.76. The van der Waals surface area contributed by atoms with Crippen molar-refractivity contribution >= 4 is 0 Å². The van der Waals surface area contributed by atoms with Crippen LogP contribution in [0.1, 0.15) is 20.8 Å². The molecule has 0 aromatic rings. The summed E-state index contributed by atoms with van der Waals surface area (Å²) in [7, 11) is 0. The molecule has 1 aliphatic carbocycles. The normalized spacial score (nSPS) is 12.1. The minimum atomic E-state index is 0. The number of allylic oxidation sites excluding steroid dienone is 4. The van der Waals surface area contributed by atoms with E-state index >= 15 is 0 Å². The van der Waals surface area contributed by atoms with Gasteiger partial charge in [-0.2, -0.15) is 20.8 Å². The second-order valence-corrected chi connectivity index (χ2v) is 2.93. The number of rotatable bonds is 0. The van der Waals surface area contributed by atoms with Gasteiger partial charge in [0, 0.05) is 0 Å². The van der Waals surface area contributed by atoms with Gasteiger partial charge in [0.1, 0.15) is 0 Å². The van der Waals surface area contributed by atoms with E-state index in [1.807, 2.05) is 12.2 Å². The van der Waals surface area contributed by atoms with Gasteiger partial charge in [0.05, 0.1) is 0 Å². The Hall–Kier alpha value is 0.168. The molecule has 13 heavy (non-hydrogen) atoms. The van der Waals surface area contributed by atoms with E-state index in [9.17, 15) is 0 Å². The van der Waals surface area contributed by atoms with Gasteiger partial charge in [-0.05, 0) is 0 Å². The molecule has 0 aromatic carbocycles. The summed E-state index contributed by atoms with van der Waals surface area (Å²) in [5, 5.41) is 0. The fraction of sp³-hybridized carbons (Fsp3) is 0.333. The molecule has 0 spiro atoms. The van der Waals surface area contributed by atoms with Crippen molar-refractivity contribution in [3.8, 4) is 0 Å². The van der Waals surface area contributed by atoms with E-state index in [1.54, 1.807) is 0 Å². The molecule has 80 valence electrons. The zero-order chi connectivity index (χ0) is 7.98. The molecule has 0 bridgehead atoms. The van der Waals surface area contributed by atoms with Gasteiger partial charge in [-0.1, -0.05) is 12.2 Å². The third-order valence-corrected chi connectivity index (χ3v) is 0.828.